The summed E-state index contributed by atoms with van der Waals surface area (Å²) < 4.78 is 26.8. The molecule has 0 aromatic carbocycles. The van der Waals surface area contributed by atoms with E-state index in [2.05, 4.69) is 10.2 Å². The lowest BCUT2D eigenvalue weighted by atomic mass is 10.2. The Hall–Kier alpha value is -0.210. The van der Waals surface area contributed by atoms with Crippen molar-refractivity contribution in [2.24, 2.45) is 0 Å². The van der Waals surface area contributed by atoms with Crippen molar-refractivity contribution in [3.63, 3.8) is 0 Å². The van der Waals surface area contributed by atoms with E-state index in [4.69, 9.17) is 5.11 Å². The second-order valence-electron chi connectivity index (χ2n) is 5.33. The third-order valence-corrected chi connectivity index (χ3v) is 6.33. The second kappa shape index (κ2) is 6.99. The second-order valence-corrected chi connectivity index (χ2v) is 7.54. The number of sulfonamides is 1. The fourth-order valence-electron chi connectivity index (χ4n) is 2.85. The Labute approximate surface area is 115 Å². The Morgan fingerprint density at radius 1 is 1.16 bits per heavy atom. The van der Waals surface area contributed by atoms with Gasteiger partial charge in [-0.25, -0.2) is 12.7 Å². The van der Waals surface area contributed by atoms with Gasteiger partial charge in [-0.05, 0) is 32.4 Å². The summed E-state index contributed by atoms with van der Waals surface area (Å²) in [5.74, 6) is 0. The van der Waals surface area contributed by atoms with Crippen LogP contribution in [0.2, 0.25) is 0 Å². The van der Waals surface area contributed by atoms with Crippen LogP contribution in [0, 0.1) is 0 Å². The van der Waals surface area contributed by atoms with Crippen LogP contribution < -0.4 is 5.32 Å². The molecule has 0 aromatic rings. The number of nitrogens with zero attached hydrogens (tertiary/aromatic N) is 2. The molecule has 0 saturated carbocycles. The Kier molecular flexibility index (Phi) is 5.58. The van der Waals surface area contributed by atoms with Crippen molar-refractivity contribution in [1.29, 1.82) is 0 Å². The fourth-order valence-corrected chi connectivity index (χ4v) is 4.79. The molecule has 2 aliphatic heterocycles. The molecule has 2 aliphatic rings. The summed E-state index contributed by atoms with van der Waals surface area (Å²) in [5, 5.41) is 11.9. The third-order valence-electron chi connectivity index (χ3n) is 4.00. The molecule has 1 atom stereocenters. The number of nitrogens with one attached hydrogen (secondary N) is 1. The molecule has 19 heavy (non-hydrogen) atoms. The first-order valence-corrected chi connectivity index (χ1v) is 8.68. The Bertz CT molecular complexity index is 368. The quantitative estimate of drug-likeness (QED) is 0.700. The molecule has 0 bridgehead atoms. The van der Waals surface area contributed by atoms with Crippen LogP contribution in [0.4, 0.5) is 0 Å². The van der Waals surface area contributed by atoms with Crippen molar-refractivity contribution in [2.45, 2.75) is 24.5 Å². The van der Waals surface area contributed by atoms with Gasteiger partial charge in [0.05, 0.1) is 11.9 Å². The Morgan fingerprint density at radius 3 is 2.68 bits per heavy atom. The van der Waals surface area contributed by atoms with Gasteiger partial charge in [-0.3, -0.25) is 4.90 Å². The molecule has 2 fully saturated rings. The number of hydrogen-bond acceptors (Lipinski definition) is 5. The van der Waals surface area contributed by atoms with Gasteiger partial charge in [-0.2, -0.15) is 0 Å². The normalized spacial score (nSPS) is 28.2. The highest BCUT2D eigenvalue weighted by Gasteiger charge is 2.33. The fraction of sp³-hybridized carbons (Fsp3) is 1.00. The summed E-state index contributed by atoms with van der Waals surface area (Å²) in [6.45, 7) is 5.04. The third kappa shape index (κ3) is 3.88. The highest BCUT2D eigenvalue weighted by Crippen LogP contribution is 2.18. The molecule has 2 N–H and O–H groups in total. The molecular formula is C12H25N3O3S. The van der Waals surface area contributed by atoms with E-state index in [-0.39, 0.29) is 11.9 Å². The van der Waals surface area contributed by atoms with Crippen LogP contribution in [0.1, 0.15) is 19.3 Å². The van der Waals surface area contributed by atoms with Gasteiger partial charge >= 0.3 is 0 Å². The molecule has 2 rings (SSSR count). The van der Waals surface area contributed by atoms with Gasteiger partial charge in [0, 0.05) is 32.7 Å². The summed E-state index contributed by atoms with van der Waals surface area (Å²) >= 11 is 0. The number of aliphatic hydroxyl groups excluding tert-OH is 1. The molecule has 2 saturated heterocycles. The lowest BCUT2D eigenvalue weighted by Crippen LogP contribution is -2.47. The molecule has 7 heteroatoms. The van der Waals surface area contributed by atoms with Crippen molar-refractivity contribution in [1.82, 2.24) is 14.5 Å². The smallest absolute Gasteiger partial charge is 0.218 e. The molecule has 6 nitrogen and oxygen atoms in total. The largest absolute Gasteiger partial charge is 0.395 e. The maximum absolute atomic E-state index is 12.6. The van der Waals surface area contributed by atoms with Gasteiger partial charge in [0.1, 0.15) is 0 Å². The average molecular weight is 291 g/mol. The van der Waals surface area contributed by atoms with E-state index in [0.717, 1.165) is 38.9 Å². The minimum Gasteiger partial charge on any atom is -0.395 e. The molecular weight excluding hydrogens is 266 g/mol. The van der Waals surface area contributed by atoms with Crippen LogP contribution in [0.3, 0.4) is 0 Å². The molecule has 1 unspecified atom stereocenters. The van der Waals surface area contributed by atoms with E-state index in [1.807, 2.05) is 0 Å². The van der Waals surface area contributed by atoms with Crippen LogP contribution in [0.15, 0.2) is 0 Å². The van der Waals surface area contributed by atoms with Gasteiger partial charge in [-0.15, -0.1) is 0 Å². The van der Waals surface area contributed by atoms with Crippen molar-refractivity contribution in [2.75, 3.05) is 52.4 Å². The van der Waals surface area contributed by atoms with Crippen LogP contribution in [-0.2, 0) is 10.0 Å². The van der Waals surface area contributed by atoms with Crippen LogP contribution in [0.5, 0.6) is 0 Å². The molecule has 0 spiro atoms. The van der Waals surface area contributed by atoms with Gasteiger partial charge in [-0.1, -0.05) is 0 Å². The lowest BCUT2D eigenvalue weighted by molar-refractivity contribution is 0.202. The Balaban J connectivity index is 1.96. The van der Waals surface area contributed by atoms with Gasteiger partial charge < -0.3 is 10.4 Å². The van der Waals surface area contributed by atoms with E-state index >= 15 is 0 Å². The van der Waals surface area contributed by atoms with Crippen molar-refractivity contribution >= 4 is 10.0 Å². The predicted molar refractivity (Wildman–Crippen MR) is 74.5 cm³/mol. The first kappa shape index (κ1) is 15.2. The number of β-amino-alcohol motifs (C(OH)–C–C–N with tert-alkyl or cyclic N) is 1. The SMILES string of the molecule is O=S(=O)(C1CCCNC1)N1CCCN(CCO)CC1. The zero-order chi connectivity index (χ0) is 13.7. The van der Waals surface area contributed by atoms with E-state index in [1.165, 1.54) is 0 Å². The van der Waals surface area contributed by atoms with Crippen molar-refractivity contribution < 1.29 is 13.5 Å². The van der Waals surface area contributed by atoms with E-state index in [9.17, 15) is 8.42 Å². The zero-order valence-corrected chi connectivity index (χ0v) is 12.2. The Morgan fingerprint density at radius 2 is 2.00 bits per heavy atom. The zero-order valence-electron chi connectivity index (χ0n) is 11.4. The van der Waals surface area contributed by atoms with Crippen molar-refractivity contribution in [3.8, 4) is 0 Å². The molecule has 0 radical (unpaired) electrons. The molecule has 0 aliphatic carbocycles. The van der Waals surface area contributed by atoms with Gasteiger partial charge in [0.15, 0.2) is 0 Å². The lowest BCUT2D eigenvalue weighted by Gasteiger charge is -2.29. The number of piperidine rings is 1. The first-order chi connectivity index (χ1) is 9.14. The van der Waals surface area contributed by atoms with E-state index < -0.39 is 10.0 Å². The van der Waals surface area contributed by atoms with Crippen LogP contribution >= 0.6 is 0 Å². The van der Waals surface area contributed by atoms with Gasteiger partial charge in [0.25, 0.3) is 0 Å². The summed E-state index contributed by atoms with van der Waals surface area (Å²) in [7, 11) is -3.17. The number of aliphatic hydroxyl groups is 1. The van der Waals surface area contributed by atoms with Crippen molar-refractivity contribution in [3.05, 3.63) is 0 Å². The molecule has 0 aromatic heterocycles. The molecule has 0 amide bonds. The van der Waals surface area contributed by atoms with E-state index in [0.29, 0.717) is 26.2 Å². The summed E-state index contributed by atoms with van der Waals surface area (Å²) in [4.78, 5) is 2.13. The predicted octanol–water partition coefficient (Wildman–Crippen LogP) is -0.932. The van der Waals surface area contributed by atoms with Gasteiger partial charge in [0.2, 0.25) is 10.0 Å². The molecule has 2 heterocycles. The van der Waals surface area contributed by atoms with E-state index in [1.54, 1.807) is 4.31 Å². The maximum Gasteiger partial charge on any atom is 0.218 e. The summed E-state index contributed by atoms with van der Waals surface area (Å²) in [6, 6.07) is 0. The standard InChI is InChI=1S/C12H25N3O3S/c16-10-9-14-5-2-6-15(8-7-14)19(17,18)12-3-1-4-13-11-12/h12-13,16H,1-11H2. The number of hydrogen-bond donors (Lipinski definition) is 2. The highest BCUT2D eigenvalue weighted by atomic mass is 32.2. The summed E-state index contributed by atoms with van der Waals surface area (Å²) in [5.41, 5.74) is 0. The minimum atomic E-state index is -3.17. The molecule has 112 valence electrons. The summed E-state index contributed by atoms with van der Waals surface area (Å²) in [6.07, 6.45) is 2.56. The topological polar surface area (TPSA) is 72.9 Å². The first-order valence-electron chi connectivity index (χ1n) is 7.17. The number of rotatable bonds is 4. The highest BCUT2D eigenvalue weighted by molar-refractivity contribution is 7.89. The minimum absolute atomic E-state index is 0.138. The monoisotopic (exact) mass is 291 g/mol. The van der Waals surface area contributed by atoms with Crippen LogP contribution in [-0.4, -0.2) is 80.4 Å². The maximum atomic E-state index is 12.6. The average Bonchev–Trinajstić information content (AvgIpc) is 2.66. The van der Waals surface area contributed by atoms with Crippen LogP contribution in [0.25, 0.3) is 0 Å².